The number of nitrogens with two attached hydrogens (primary N) is 1. The second kappa shape index (κ2) is 4.61. The summed E-state index contributed by atoms with van der Waals surface area (Å²) < 4.78 is 32.2. The average molecular weight is 241 g/mol. The lowest BCUT2D eigenvalue weighted by atomic mass is 9.78. The first kappa shape index (κ1) is 12.3. The van der Waals surface area contributed by atoms with E-state index in [0.29, 0.717) is 12.1 Å². The van der Waals surface area contributed by atoms with Gasteiger partial charge in [0.2, 0.25) is 0 Å². The lowest BCUT2D eigenvalue weighted by Crippen LogP contribution is -2.33. The van der Waals surface area contributed by atoms with E-state index in [-0.39, 0.29) is 11.2 Å². The maximum absolute atomic E-state index is 13.9. The summed E-state index contributed by atoms with van der Waals surface area (Å²) in [6.45, 7) is 0.388. The number of ether oxygens (including phenoxy) is 1. The minimum Gasteiger partial charge on any atom is -0.494 e. The Bertz CT molecular complexity index is 414. The van der Waals surface area contributed by atoms with Crippen LogP contribution in [0.15, 0.2) is 12.1 Å². The highest BCUT2D eigenvalue weighted by molar-refractivity contribution is 5.37. The topological polar surface area (TPSA) is 35.2 Å². The predicted molar refractivity (Wildman–Crippen MR) is 62.1 cm³/mol. The number of rotatable bonds is 3. The van der Waals surface area contributed by atoms with Gasteiger partial charge < -0.3 is 10.5 Å². The second-order valence-electron chi connectivity index (χ2n) is 4.66. The van der Waals surface area contributed by atoms with Crippen molar-refractivity contribution < 1.29 is 13.5 Å². The molecule has 0 aromatic heterocycles. The molecule has 1 fully saturated rings. The molecule has 0 saturated heterocycles. The van der Waals surface area contributed by atoms with Crippen molar-refractivity contribution in [1.29, 1.82) is 0 Å². The van der Waals surface area contributed by atoms with Gasteiger partial charge in [-0.2, -0.15) is 0 Å². The van der Waals surface area contributed by atoms with E-state index in [4.69, 9.17) is 10.5 Å². The number of hydrogen-bond acceptors (Lipinski definition) is 2. The molecule has 1 aliphatic carbocycles. The summed E-state index contributed by atoms with van der Waals surface area (Å²) in [4.78, 5) is 0. The monoisotopic (exact) mass is 241 g/mol. The Morgan fingerprint density at radius 3 is 2.41 bits per heavy atom. The van der Waals surface area contributed by atoms with Crippen molar-refractivity contribution in [2.75, 3.05) is 13.7 Å². The summed E-state index contributed by atoms with van der Waals surface area (Å²) >= 11 is 0. The molecule has 0 unspecified atom stereocenters. The molecule has 94 valence electrons. The van der Waals surface area contributed by atoms with Crippen LogP contribution in [0.2, 0.25) is 0 Å². The quantitative estimate of drug-likeness (QED) is 0.883. The Labute approximate surface area is 99.8 Å². The SMILES string of the molecule is COc1cc(C2(CN)CCCC2)c(F)cc1F. The first-order valence-corrected chi connectivity index (χ1v) is 5.86. The van der Waals surface area contributed by atoms with Crippen LogP contribution in [0.5, 0.6) is 5.75 Å². The highest BCUT2D eigenvalue weighted by Crippen LogP contribution is 2.42. The molecule has 2 rings (SSSR count). The van der Waals surface area contributed by atoms with Gasteiger partial charge in [-0.25, -0.2) is 8.78 Å². The first-order valence-electron chi connectivity index (χ1n) is 5.86. The molecule has 0 amide bonds. The molecule has 1 aromatic rings. The summed E-state index contributed by atoms with van der Waals surface area (Å²) in [5.74, 6) is -1.10. The largest absolute Gasteiger partial charge is 0.494 e. The Kier molecular flexibility index (Phi) is 3.33. The van der Waals surface area contributed by atoms with Gasteiger partial charge in [0.1, 0.15) is 5.82 Å². The highest BCUT2D eigenvalue weighted by atomic mass is 19.1. The molecular weight excluding hydrogens is 224 g/mol. The fourth-order valence-electron chi connectivity index (χ4n) is 2.73. The Morgan fingerprint density at radius 2 is 1.88 bits per heavy atom. The van der Waals surface area contributed by atoms with Crippen LogP contribution in [0, 0.1) is 11.6 Å². The molecule has 0 radical (unpaired) electrons. The van der Waals surface area contributed by atoms with Gasteiger partial charge in [-0.05, 0) is 24.5 Å². The number of hydrogen-bond donors (Lipinski definition) is 1. The molecule has 2 nitrogen and oxygen atoms in total. The van der Waals surface area contributed by atoms with Crippen LogP contribution in [0.4, 0.5) is 8.78 Å². The number of methoxy groups -OCH3 is 1. The summed E-state index contributed by atoms with van der Waals surface area (Å²) in [7, 11) is 1.38. The zero-order valence-corrected chi connectivity index (χ0v) is 9.93. The van der Waals surface area contributed by atoms with Gasteiger partial charge in [0.05, 0.1) is 7.11 Å². The van der Waals surface area contributed by atoms with Crippen LogP contribution in [-0.2, 0) is 5.41 Å². The van der Waals surface area contributed by atoms with Crippen molar-refractivity contribution in [1.82, 2.24) is 0 Å². The lowest BCUT2D eigenvalue weighted by molar-refractivity contribution is 0.373. The third-order valence-corrected chi connectivity index (χ3v) is 3.76. The maximum atomic E-state index is 13.9. The van der Waals surface area contributed by atoms with Crippen LogP contribution in [0.25, 0.3) is 0 Å². The molecule has 2 N–H and O–H groups in total. The summed E-state index contributed by atoms with van der Waals surface area (Å²) in [5.41, 5.74) is 5.95. The zero-order valence-electron chi connectivity index (χ0n) is 9.93. The van der Waals surface area contributed by atoms with Crippen LogP contribution >= 0.6 is 0 Å². The maximum Gasteiger partial charge on any atom is 0.167 e. The van der Waals surface area contributed by atoms with Crippen molar-refractivity contribution in [2.45, 2.75) is 31.1 Å². The average Bonchev–Trinajstić information content (AvgIpc) is 2.79. The van der Waals surface area contributed by atoms with E-state index in [9.17, 15) is 8.78 Å². The van der Waals surface area contributed by atoms with Crippen LogP contribution < -0.4 is 10.5 Å². The molecule has 17 heavy (non-hydrogen) atoms. The van der Waals surface area contributed by atoms with Crippen molar-refractivity contribution >= 4 is 0 Å². The fraction of sp³-hybridized carbons (Fsp3) is 0.538. The van der Waals surface area contributed by atoms with Crippen molar-refractivity contribution in [2.24, 2.45) is 5.73 Å². The minimum absolute atomic E-state index is 0.0844. The highest BCUT2D eigenvalue weighted by Gasteiger charge is 2.37. The van der Waals surface area contributed by atoms with Gasteiger partial charge in [-0.1, -0.05) is 12.8 Å². The predicted octanol–water partition coefficient (Wildman–Crippen LogP) is 2.74. The third kappa shape index (κ3) is 2.02. The van der Waals surface area contributed by atoms with Crippen LogP contribution in [0.1, 0.15) is 31.2 Å². The Balaban J connectivity index is 2.50. The second-order valence-corrected chi connectivity index (χ2v) is 4.66. The van der Waals surface area contributed by atoms with Gasteiger partial charge in [0.25, 0.3) is 0 Å². The summed E-state index contributed by atoms with van der Waals surface area (Å²) in [5, 5.41) is 0. The van der Waals surface area contributed by atoms with Crippen molar-refractivity contribution in [3.05, 3.63) is 29.3 Å². The lowest BCUT2D eigenvalue weighted by Gasteiger charge is -2.28. The van der Waals surface area contributed by atoms with Gasteiger partial charge in [0, 0.05) is 18.0 Å². The molecule has 0 spiro atoms. The third-order valence-electron chi connectivity index (χ3n) is 3.76. The van der Waals surface area contributed by atoms with E-state index < -0.39 is 11.6 Å². The first-order chi connectivity index (χ1) is 8.13. The van der Waals surface area contributed by atoms with Crippen LogP contribution in [-0.4, -0.2) is 13.7 Å². The Hall–Kier alpha value is -1.16. The van der Waals surface area contributed by atoms with Gasteiger partial charge in [-0.3, -0.25) is 0 Å². The van der Waals surface area contributed by atoms with E-state index in [1.54, 1.807) is 0 Å². The molecule has 0 atom stereocenters. The van der Waals surface area contributed by atoms with E-state index in [0.717, 1.165) is 31.7 Å². The fourth-order valence-corrected chi connectivity index (χ4v) is 2.73. The van der Waals surface area contributed by atoms with Gasteiger partial charge in [-0.15, -0.1) is 0 Å². The van der Waals surface area contributed by atoms with Crippen molar-refractivity contribution in [3.8, 4) is 5.75 Å². The summed E-state index contributed by atoms with van der Waals surface area (Å²) in [6, 6.07) is 2.35. The van der Waals surface area contributed by atoms with E-state index in [1.165, 1.54) is 13.2 Å². The molecular formula is C13H17F2NO. The Morgan fingerprint density at radius 1 is 1.24 bits per heavy atom. The molecule has 0 heterocycles. The molecule has 1 aliphatic rings. The van der Waals surface area contributed by atoms with Crippen molar-refractivity contribution in [3.63, 3.8) is 0 Å². The molecule has 1 saturated carbocycles. The number of benzene rings is 1. The standard InChI is InChI=1S/C13H17F2NO/c1-17-12-6-9(10(14)7-11(12)15)13(8-16)4-2-3-5-13/h6-7H,2-5,8,16H2,1H3. The van der Waals surface area contributed by atoms with Gasteiger partial charge >= 0.3 is 0 Å². The number of halogens is 2. The zero-order chi connectivity index (χ0) is 12.5. The molecule has 0 aliphatic heterocycles. The summed E-state index contributed by atoms with van der Waals surface area (Å²) in [6.07, 6.45) is 3.79. The molecule has 1 aromatic carbocycles. The van der Waals surface area contributed by atoms with E-state index >= 15 is 0 Å². The van der Waals surface area contributed by atoms with Gasteiger partial charge in [0.15, 0.2) is 11.6 Å². The minimum atomic E-state index is -0.668. The normalized spacial score (nSPS) is 18.4. The van der Waals surface area contributed by atoms with E-state index in [1.807, 2.05) is 0 Å². The van der Waals surface area contributed by atoms with Crippen LogP contribution in [0.3, 0.4) is 0 Å². The smallest absolute Gasteiger partial charge is 0.167 e. The van der Waals surface area contributed by atoms with E-state index in [2.05, 4.69) is 0 Å². The molecule has 0 bridgehead atoms. The molecule has 4 heteroatoms.